The molecule has 0 atom stereocenters. The van der Waals surface area contributed by atoms with Crippen LogP contribution in [-0.2, 0) is 5.41 Å². The molecule has 0 spiro atoms. The number of fused-ring (bicyclic) bond motifs is 4. The molecule has 4 aromatic heterocycles. The Morgan fingerprint density at radius 2 is 1.30 bits per heavy atom. The maximum Gasteiger partial charge on any atom is 0.147 e. The molecule has 1 N–H and O–H groups in total. The van der Waals surface area contributed by atoms with E-state index in [2.05, 4.69) is 145 Å². The highest BCUT2D eigenvalue weighted by Gasteiger charge is 2.22. The lowest BCUT2D eigenvalue weighted by atomic mass is 9.86. The summed E-state index contributed by atoms with van der Waals surface area (Å²) in [7, 11) is 0. The van der Waals surface area contributed by atoms with E-state index in [0.717, 1.165) is 61.5 Å². The number of nitrogens with zero attached hydrogens (tertiary/aromatic N) is 3. The van der Waals surface area contributed by atoms with Crippen LogP contribution in [0.15, 0.2) is 134 Å². The molecule has 0 bridgehead atoms. The molecule has 0 saturated carbocycles. The van der Waals surface area contributed by atoms with E-state index in [4.69, 9.17) is 4.98 Å². The van der Waals surface area contributed by atoms with E-state index >= 15 is 0 Å². The van der Waals surface area contributed by atoms with Crippen molar-refractivity contribution in [3.05, 3.63) is 139 Å². The highest BCUT2D eigenvalue weighted by Crippen LogP contribution is 2.39. The maximum atomic E-state index is 5.40. The molecule has 0 aliphatic carbocycles. The van der Waals surface area contributed by atoms with Crippen LogP contribution in [-0.4, -0.2) is 19.5 Å². The fourth-order valence-electron chi connectivity index (χ4n) is 6.28. The summed E-state index contributed by atoms with van der Waals surface area (Å²) in [6.45, 7) is 6.80. The second kappa shape index (κ2) is 10.1. The molecule has 4 heteroatoms. The van der Waals surface area contributed by atoms with Gasteiger partial charge in [0.2, 0.25) is 0 Å². The van der Waals surface area contributed by atoms with Gasteiger partial charge >= 0.3 is 0 Å². The molecule has 8 rings (SSSR count). The average molecular weight is 569 g/mol. The minimum Gasteiger partial charge on any atom is -0.340 e. The summed E-state index contributed by atoms with van der Waals surface area (Å²) in [5.74, 6) is 1.02. The Morgan fingerprint density at radius 1 is 0.568 bits per heavy atom. The van der Waals surface area contributed by atoms with Crippen LogP contribution in [0, 0.1) is 0 Å². The summed E-state index contributed by atoms with van der Waals surface area (Å²) < 4.78 is 2.32. The zero-order valence-corrected chi connectivity index (χ0v) is 25.0. The Balaban J connectivity index is 1.41. The molecule has 0 aliphatic heterocycles. The van der Waals surface area contributed by atoms with Crippen molar-refractivity contribution in [3.63, 3.8) is 0 Å². The van der Waals surface area contributed by atoms with Gasteiger partial charge in [-0.05, 0) is 59.0 Å². The Labute approximate surface area is 256 Å². The quantitative estimate of drug-likeness (QED) is 0.230. The van der Waals surface area contributed by atoms with Crippen molar-refractivity contribution in [2.45, 2.75) is 26.2 Å². The maximum absolute atomic E-state index is 5.40. The van der Waals surface area contributed by atoms with Crippen LogP contribution in [0.4, 0.5) is 0 Å². The summed E-state index contributed by atoms with van der Waals surface area (Å²) in [5, 5.41) is 4.69. The lowest BCUT2D eigenvalue weighted by molar-refractivity contribution is 0.591. The summed E-state index contributed by atoms with van der Waals surface area (Å²) >= 11 is 0. The van der Waals surface area contributed by atoms with Crippen LogP contribution < -0.4 is 0 Å². The lowest BCUT2D eigenvalue weighted by Crippen LogP contribution is -2.10. The predicted octanol–water partition coefficient (Wildman–Crippen LogP) is 10.4. The van der Waals surface area contributed by atoms with E-state index in [1.54, 1.807) is 0 Å². The zero-order valence-electron chi connectivity index (χ0n) is 25.0. The first-order valence-electron chi connectivity index (χ1n) is 15.1. The van der Waals surface area contributed by atoms with Gasteiger partial charge in [0.1, 0.15) is 11.5 Å². The van der Waals surface area contributed by atoms with Crippen molar-refractivity contribution in [3.8, 4) is 39.6 Å². The third kappa shape index (κ3) is 4.30. The Bertz CT molecular complexity index is 2300. The van der Waals surface area contributed by atoms with Crippen molar-refractivity contribution in [2.75, 3.05) is 0 Å². The highest BCUT2D eigenvalue weighted by atomic mass is 15.1. The first-order chi connectivity index (χ1) is 21.5. The Morgan fingerprint density at radius 3 is 2.07 bits per heavy atom. The van der Waals surface area contributed by atoms with Crippen molar-refractivity contribution in [2.24, 2.45) is 0 Å². The molecule has 0 unspecified atom stereocenters. The van der Waals surface area contributed by atoms with E-state index in [9.17, 15) is 0 Å². The number of aromatic amines is 1. The van der Waals surface area contributed by atoms with Gasteiger partial charge in [0.25, 0.3) is 0 Å². The average Bonchev–Trinajstić information content (AvgIpc) is 3.60. The smallest absolute Gasteiger partial charge is 0.147 e. The van der Waals surface area contributed by atoms with Crippen LogP contribution in [0.3, 0.4) is 0 Å². The van der Waals surface area contributed by atoms with Crippen LogP contribution in [0.25, 0.3) is 72.3 Å². The number of nitrogens with one attached hydrogen (secondary N) is 1. The minimum absolute atomic E-state index is 0.0293. The van der Waals surface area contributed by atoms with E-state index in [1.165, 1.54) is 16.3 Å². The Hall–Kier alpha value is -5.48. The highest BCUT2D eigenvalue weighted by molar-refractivity contribution is 6.11. The molecule has 4 heterocycles. The second-order valence-electron chi connectivity index (χ2n) is 12.4. The number of rotatable bonds is 4. The van der Waals surface area contributed by atoms with Gasteiger partial charge in [-0.25, -0.2) is 4.98 Å². The van der Waals surface area contributed by atoms with Gasteiger partial charge < -0.3 is 4.98 Å². The molecule has 8 aromatic rings. The number of aromatic nitrogens is 4. The van der Waals surface area contributed by atoms with Crippen molar-refractivity contribution < 1.29 is 0 Å². The SMILES string of the molecule is CC(C)(C)c1ccc2c(c1)c1ccc(-c3cccc(-c4ccccn4)c3)nc1n2-c1[nH]c(-c2ccccc2)c2ccccc12. The van der Waals surface area contributed by atoms with Gasteiger partial charge in [-0.15, -0.1) is 0 Å². The summed E-state index contributed by atoms with van der Waals surface area (Å²) in [6.07, 6.45) is 1.83. The zero-order chi connectivity index (χ0) is 29.8. The van der Waals surface area contributed by atoms with Crippen LogP contribution in [0.2, 0.25) is 0 Å². The second-order valence-corrected chi connectivity index (χ2v) is 12.4. The van der Waals surface area contributed by atoms with Gasteiger partial charge in [-0.1, -0.05) is 106 Å². The number of benzene rings is 4. The first-order valence-corrected chi connectivity index (χ1v) is 15.1. The molecule has 0 fully saturated rings. The minimum atomic E-state index is 0.0293. The summed E-state index contributed by atoms with van der Waals surface area (Å²) in [5.41, 5.74) is 9.67. The largest absolute Gasteiger partial charge is 0.340 e. The fourth-order valence-corrected chi connectivity index (χ4v) is 6.28. The third-order valence-electron chi connectivity index (χ3n) is 8.58. The van der Waals surface area contributed by atoms with Crippen molar-refractivity contribution in [1.29, 1.82) is 0 Å². The molecule has 0 saturated heterocycles. The van der Waals surface area contributed by atoms with Gasteiger partial charge in [0.15, 0.2) is 0 Å². The first kappa shape index (κ1) is 26.2. The topological polar surface area (TPSA) is 46.5 Å². The molecule has 0 amide bonds. The fraction of sp³-hybridized carbons (Fsp3) is 0.100. The number of H-pyrrole nitrogens is 1. The van der Waals surface area contributed by atoms with Gasteiger partial charge in [0, 0.05) is 38.9 Å². The van der Waals surface area contributed by atoms with E-state index < -0.39 is 0 Å². The molecular weight excluding hydrogens is 536 g/mol. The Kier molecular flexibility index (Phi) is 5.98. The van der Waals surface area contributed by atoms with E-state index in [-0.39, 0.29) is 5.41 Å². The molecule has 4 aromatic carbocycles. The summed E-state index contributed by atoms with van der Waals surface area (Å²) in [4.78, 5) is 13.8. The molecule has 44 heavy (non-hydrogen) atoms. The normalized spacial score (nSPS) is 12.0. The van der Waals surface area contributed by atoms with Crippen molar-refractivity contribution >= 4 is 32.7 Å². The monoisotopic (exact) mass is 568 g/mol. The van der Waals surface area contributed by atoms with E-state index in [1.807, 2.05) is 24.4 Å². The molecular formula is C40H32N4. The molecule has 0 aliphatic rings. The lowest BCUT2D eigenvalue weighted by Gasteiger charge is -2.19. The predicted molar refractivity (Wildman–Crippen MR) is 183 cm³/mol. The van der Waals surface area contributed by atoms with Gasteiger partial charge in [-0.2, -0.15) is 0 Å². The third-order valence-corrected chi connectivity index (χ3v) is 8.58. The number of hydrogen-bond acceptors (Lipinski definition) is 2. The molecule has 4 nitrogen and oxygen atoms in total. The van der Waals surface area contributed by atoms with Crippen LogP contribution >= 0.6 is 0 Å². The molecule has 0 radical (unpaired) electrons. The number of pyridine rings is 2. The van der Waals surface area contributed by atoms with Gasteiger partial charge in [-0.3, -0.25) is 9.55 Å². The van der Waals surface area contributed by atoms with Crippen LogP contribution in [0.5, 0.6) is 0 Å². The van der Waals surface area contributed by atoms with E-state index in [0.29, 0.717) is 0 Å². The standard InChI is InChI=1S/C40H32N4/c1-40(2,3)29-19-22-36-33(25-29)32-20-21-35(28-15-11-14-27(24-28)34-18-9-10-23-41-34)42-38(32)44(36)39-31-17-8-7-16-30(31)37(43-39)26-12-5-4-6-13-26/h4-25,43H,1-3H3. The number of hydrogen-bond donors (Lipinski definition) is 1. The molecule has 212 valence electrons. The van der Waals surface area contributed by atoms with Crippen molar-refractivity contribution in [1.82, 2.24) is 19.5 Å². The van der Waals surface area contributed by atoms with Crippen LogP contribution in [0.1, 0.15) is 26.3 Å². The van der Waals surface area contributed by atoms with Gasteiger partial charge in [0.05, 0.1) is 22.6 Å². The summed E-state index contributed by atoms with van der Waals surface area (Å²) in [6, 6.07) is 44.9.